The Morgan fingerprint density at radius 1 is 0.548 bits per heavy atom. The Morgan fingerprint density at radius 3 is 1.74 bits per heavy atom. The molecule has 154 valence electrons. The number of benzene rings is 4. The van der Waals surface area contributed by atoms with Crippen LogP contribution in [0.2, 0.25) is 0 Å². The molecule has 0 atom stereocenters. The van der Waals surface area contributed by atoms with E-state index < -0.39 is 10.2 Å². The van der Waals surface area contributed by atoms with Crippen molar-refractivity contribution in [2.75, 3.05) is 0 Å². The lowest BCUT2D eigenvalue weighted by molar-refractivity contribution is -2.00. The van der Waals surface area contributed by atoms with Crippen molar-refractivity contribution in [3.05, 3.63) is 103 Å². The Balaban J connectivity index is 0.000000418. The van der Waals surface area contributed by atoms with Crippen molar-refractivity contribution in [3.63, 3.8) is 0 Å². The second-order valence-electron chi connectivity index (χ2n) is 6.80. The summed E-state index contributed by atoms with van der Waals surface area (Å²) < 4.78 is 40.4. The van der Waals surface area contributed by atoms with Gasteiger partial charge in [-0.15, -0.1) is 10.2 Å². The molecule has 5 nitrogen and oxygen atoms in total. The maximum absolute atomic E-state index is 8.49. The quantitative estimate of drug-likeness (QED) is 0.315. The van der Waals surface area contributed by atoms with Crippen molar-refractivity contribution in [1.82, 2.24) is 0 Å². The highest BCUT2D eigenvalue weighted by Gasteiger charge is 2.23. The highest BCUT2D eigenvalue weighted by molar-refractivity contribution is 6.07. The summed E-state index contributed by atoms with van der Waals surface area (Å²) in [6.45, 7) is 0. The second-order valence-corrected chi connectivity index (χ2v) is 7.55. The Hall–Kier alpha value is -3.32. The number of rotatable bonds is 2. The molecule has 0 spiro atoms. The van der Waals surface area contributed by atoms with Gasteiger partial charge in [-0.1, -0.05) is 72.8 Å². The van der Waals surface area contributed by atoms with Crippen molar-refractivity contribution in [3.8, 4) is 22.5 Å². The van der Waals surface area contributed by atoms with Crippen LogP contribution in [0.15, 0.2) is 108 Å². The van der Waals surface area contributed by atoms with E-state index in [-0.39, 0.29) is 0 Å². The van der Waals surface area contributed by atoms with Crippen LogP contribution in [0.3, 0.4) is 0 Å². The summed E-state index contributed by atoms with van der Waals surface area (Å²) in [6, 6.07) is 35.7. The molecule has 0 bridgehead atoms. The van der Waals surface area contributed by atoms with Crippen LogP contribution in [-0.4, -0.2) is 0 Å². The molecular weight excluding hydrogens is 416 g/mol. The maximum atomic E-state index is 8.49. The fraction of sp³-hybridized carbons (Fsp3) is 0. The average molecular weight is 433 g/mol. The maximum Gasteiger partial charge on any atom is 0.368 e. The van der Waals surface area contributed by atoms with E-state index in [4.69, 9.17) is 23.1 Å². The van der Waals surface area contributed by atoms with E-state index in [0.717, 1.165) is 33.4 Å². The number of hydrogen-bond acceptors (Lipinski definition) is 4. The first-order valence-corrected chi connectivity index (χ1v) is 10.6. The molecule has 0 aliphatic heterocycles. The minimum atomic E-state index is -4.94. The molecular formula is C25H17ClO5. The molecule has 0 N–H and O–H groups in total. The molecule has 0 amide bonds. The predicted octanol–water partition coefficient (Wildman–Crippen LogP) is 2.45. The fourth-order valence-corrected chi connectivity index (χ4v) is 3.52. The molecule has 4 aromatic carbocycles. The lowest BCUT2D eigenvalue weighted by atomic mass is 9.97. The molecule has 5 aromatic rings. The highest BCUT2D eigenvalue weighted by atomic mass is 35.7. The predicted molar refractivity (Wildman–Crippen MR) is 109 cm³/mol. The number of hydrogen-bond donors (Lipinski definition) is 0. The molecule has 31 heavy (non-hydrogen) atoms. The van der Waals surface area contributed by atoms with Gasteiger partial charge in [0.05, 0.1) is 16.5 Å². The van der Waals surface area contributed by atoms with Crippen LogP contribution >= 0.6 is 0 Å². The topological polar surface area (TPSA) is 104 Å². The molecule has 0 aliphatic carbocycles. The molecule has 1 aromatic heterocycles. The largest absolute Gasteiger partial charge is 0.368 e. The lowest BCUT2D eigenvalue weighted by Gasteiger charge is -2.17. The zero-order valence-corrected chi connectivity index (χ0v) is 17.0. The summed E-state index contributed by atoms with van der Waals surface area (Å²) in [5, 5.41) is 3.58. The fourth-order valence-electron chi connectivity index (χ4n) is 3.52. The van der Waals surface area contributed by atoms with Gasteiger partial charge in [-0.3, -0.25) is 0 Å². The number of fused-ring (bicyclic) bond motifs is 3. The van der Waals surface area contributed by atoms with E-state index in [1.807, 2.05) is 24.3 Å². The van der Waals surface area contributed by atoms with Crippen molar-refractivity contribution in [2.24, 2.45) is 0 Å². The molecule has 0 fully saturated rings. The highest BCUT2D eigenvalue weighted by Crippen LogP contribution is 2.37. The van der Waals surface area contributed by atoms with Crippen molar-refractivity contribution >= 4 is 21.7 Å². The summed E-state index contributed by atoms with van der Waals surface area (Å²) in [4.78, 5) is 0. The number of halogens is 1. The van der Waals surface area contributed by atoms with Gasteiger partial charge in [-0.05, 0) is 40.6 Å². The van der Waals surface area contributed by atoms with E-state index in [1.54, 1.807) is 0 Å². The van der Waals surface area contributed by atoms with E-state index >= 15 is 0 Å². The molecule has 0 saturated heterocycles. The normalized spacial score (nSPS) is 11.2. The molecule has 0 saturated carbocycles. The van der Waals surface area contributed by atoms with Crippen LogP contribution in [0.4, 0.5) is 0 Å². The third kappa shape index (κ3) is 5.06. The van der Waals surface area contributed by atoms with E-state index in [2.05, 4.69) is 78.9 Å². The van der Waals surface area contributed by atoms with Crippen LogP contribution in [0.25, 0.3) is 44.2 Å². The third-order valence-corrected chi connectivity index (χ3v) is 4.80. The molecule has 0 unspecified atom stereocenters. The first-order chi connectivity index (χ1) is 14.9. The first kappa shape index (κ1) is 20.9. The lowest BCUT2D eigenvalue weighted by Crippen LogP contribution is -2.68. The Morgan fingerprint density at radius 2 is 1.10 bits per heavy atom. The van der Waals surface area contributed by atoms with Crippen LogP contribution in [-0.2, 0) is 0 Å². The summed E-state index contributed by atoms with van der Waals surface area (Å²) in [5.41, 5.74) is 4.26. The van der Waals surface area contributed by atoms with Gasteiger partial charge in [0.25, 0.3) is 0 Å². The molecule has 6 heteroatoms. The molecule has 0 aliphatic rings. The van der Waals surface area contributed by atoms with E-state index in [0.29, 0.717) is 0 Å². The second kappa shape index (κ2) is 8.81. The molecule has 5 rings (SSSR count). The van der Waals surface area contributed by atoms with Gasteiger partial charge >= 0.3 is 11.3 Å². The third-order valence-electron chi connectivity index (χ3n) is 4.80. The van der Waals surface area contributed by atoms with Gasteiger partial charge in [0.1, 0.15) is 0 Å². The Kier molecular flexibility index (Phi) is 5.95. The molecule has 1 heterocycles. The zero-order valence-electron chi connectivity index (χ0n) is 16.2. The summed E-state index contributed by atoms with van der Waals surface area (Å²) in [7, 11) is -4.94. The Bertz CT molecular complexity index is 1310. The first-order valence-electron chi connectivity index (χ1n) is 9.41. The van der Waals surface area contributed by atoms with Crippen molar-refractivity contribution in [1.29, 1.82) is 0 Å². The van der Waals surface area contributed by atoms with Crippen molar-refractivity contribution in [2.45, 2.75) is 0 Å². The Labute approximate surface area is 180 Å². The van der Waals surface area contributed by atoms with Crippen LogP contribution in [0, 0.1) is 10.2 Å². The van der Waals surface area contributed by atoms with Crippen LogP contribution in [0.1, 0.15) is 0 Å². The smallest absolute Gasteiger partial charge is 0.222 e. The monoisotopic (exact) mass is 432 g/mol. The minimum Gasteiger partial charge on any atom is -0.222 e. The average Bonchev–Trinajstić information content (AvgIpc) is 2.78. The summed E-state index contributed by atoms with van der Waals surface area (Å²) >= 11 is 0. The summed E-state index contributed by atoms with van der Waals surface area (Å²) in [5.74, 6) is 0.902. The van der Waals surface area contributed by atoms with Gasteiger partial charge in [0, 0.05) is 6.07 Å². The van der Waals surface area contributed by atoms with Gasteiger partial charge < -0.3 is 0 Å². The van der Waals surface area contributed by atoms with E-state index in [1.165, 1.54) is 10.8 Å². The van der Waals surface area contributed by atoms with Crippen LogP contribution in [0.5, 0.6) is 0 Å². The van der Waals surface area contributed by atoms with Crippen LogP contribution < -0.4 is 18.6 Å². The SMILES string of the molecule is [O-][Cl+3]([O-])([O-])[O-].c1ccc(-c2cc3c(ccc4ccccc43)[o+]c2-c2ccccc2)cc1. The van der Waals surface area contributed by atoms with Gasteiger partial charge in [-0.25, -0.2) is 23.1 Å². The van der Waals surface area contributed by atoms with Crippen molar-refractivity contribution < 1.29 is 33.3 Å². The minimum absolute atomic E-state index is 0.902. The zero-order chi connectivity index (χ0) is 21.8. The van der Waals surface area contributed by atoms with E-state index in [9.17, 15) is 0 Å². The summed E-state index contributed by atoms with van der Waals surface area (Å²) in [6.07, 6.45) is 0. The van der Waals surface area contributed by atoms with Gasteiger partial charge in [0.15, 0.2) is 0 Å². The standard InChI is InChI=1S/C25H17O.ClHO4/c1-3-9-18(10-4-1)22-17-23-21-14-8-7-11-19(21)15-16-24(23)26-25(22)20-12-5-2-6-13-20;2-1(3,4)5/h1-17H;(H,2,3,4,5)/q+1;/p-1. The van der Waals surface area contributed by atoms with Gasteiger partial charge in [-0.2, -0.15) is 0 Å². The molecule has 0 radical (unpaired) electrons. The van der Waals surface area contributed by atoms with Gasteiger partial charge in [0.2, 0.25) is 0 Å².